The lowest BCUT2D eigenvalue weighted by Gasteiger charge is -2.22. The van der Waals surface area contributed by atoms with E-state index < -0.39 is 10.0 Å². The summed E-state index contributed by atoms with van der Waals surface area (Å²) in [5, 5.41) is 0. The molecule has 6 heteroatoms. The molecule has 0 aliphatic carbocycles. The predicted molar refractivity (Wildman–Crippen MR) is 81.6 cm³/mol. The van der Waals surface area contributed by atoms with Crippen LogP contribution in [0.25, 0.3) is 0 Å². The van der Waals surface area contributed by atoms with E-state index in [1.54, 1.807) is 55.6 Å². The molecule has 5 nitrogen and oxygen atoms in total. The summed E-state index contributed by atoms with van der Waals surface area (Å²) in [7, 11) is 0.889. The van der Waals surface area contributed by atoms with E-state index in [1.807, 2.05) is 0 Å². The molecule has 2 rings (SSSR count). The lowest BCUT2D eigenvalue weighted by atomic mass is 10.3. The van der Waals surface area contributed by atoms with E-state index in [4.69, 9.17) is 9.47 Å². The Kier molecular flexibility index (Phi) is 4.37. The van der Waals surface area contributed by atoms with Gasteiger partial charge in [0, 0.05) is 13.1 Å². The highest BCUT2D eigenvalue weighted by atomic mass is 32.2. The summed E-state index contributed by atoms with van der Waals surface area (Å²) in [6, 6.07) is 13.2. The van der Waals surface area contributed by atoms with Crippen molar-refractivity contribution in [3.05, 3.63) is 48.5 Å². The normalized spacial score (nSPS) is 11.0. The molecule has 0 unspecified atom stereocenters. The minimum absolute atomic E-state index is 0.227. The molecule has 0 radical (unpaired) electrons. The number of ether oxygens (including phenoxy) is 2. The van der Waals surface area contributed by atoms with Crippen LogP contribution >= 0.6 is 0 Å². The highest BCUT2D eigenvalue weighted by Crippen LogP contribution is 2.34. The molecule has 0 bridgehead atoms. The Labute approximate surface area is 124 Å². The fourth-order valence-electron chi connectivity index (χ4n) is 1.93. The zero-order valence-electron chi connectivity index (χ0n) is 12.1. The molecular formula is C15H17NO4S. The van der Waals surface area contributed by atoms with Gasteiger partial charge in [-0.15, -0.1) is 0 Å². The van der Waals surface area contributed by atoms with Crippen molar-refractivity contribution in [2.45, 2.75) is 4.90 Å². The average molecular weight is 307 g/mol. The van der Waals surface area contributed by atoms with Crippen molar-refractivity contribution >= 4 is 15.7 Å². The highest BCUT2D eigenvalue weighted by molar-refractivity contribution is 7.92. The molecule has 0 N–H and O–H groups in total. The van der Waals surface area contributed by atoms with Gasteiger partial charge in [0.2, 0.25) is 0 Å². The Morgan fingerprint density at radius 3 is 2.19 bits per heavy atom. The van der Waals surface area contributed by atoms with Crippen molar-refractivity contribution < 1.29 is 17.9 Å². The Morgan fingerprint density at radius 2 is 1.62 bits per heavy atom. The van der Waals surface area contributed by atoms with E-state index in [-0.39, 0.29) is 4.90 Å². The first-order valence-corrected chi connectivity index (χ1v) is 7.70. The van der Waals surface area contributed by atoms with Crippen molar-refractivity contribution in [1.29, 1.82) is 0 Å². The molecule has 0 aromatic heterocycles. The summed E-state index contributed by atoms with van der Waals surface area (Å²) < 4.78 is 36.8. The number of hydrogen-bond acceptors (Lipinski definition) is 4. The molecule has 0 saturated carbocycles. The summed E-state index contributed by atoms with van der Waals surface area (Å²) in [5.74, 6) is 1.03. The van der Waals surface area contributed by atoms with Crippen LogP contribution in [0.3, 0.4) is 0 Å². The molecule has 2 aromatic rings. The molecule has 0 fully saturated rings. The zero-order valence-corrected chi connectivity index (χ0v) is 12.9. The topological polar surface area (TPSA) is 55.8 Å². The van der Waals surface area contributed by atoms with E-state index >= 15 is 0 Å². The van der Waals surface area contributed by atoms with Crippen molar-refractivity contribution in [3.63, 3.8) is 0 Å². The number of sulfonamides is 1. The standard InChI is InChI=1S/C15H17NO4S/c1-16(21(17,18)13-7-5-4-6-8-13)14-10-9-12(19-2)11-15(14)20-3/h4-11H,1-3H3. The number of anilines is 1. The predicted octanol–water partition coefficient (Wildman–Crippen LogP) is 2.53. The molecule has 0 heterocycles. The highest BCUT2D eigenvalue weighted by Gasteiger charge is 2.23. The number of rotatable bonds is 5. The summed E-state index contributed by atoms with van der Waals surface area (Å²) in [4.78, 5) is 0.227. The molecule has 2 aromatic carbocycles. The van der Waals surface area contributed by atoms with Crippen LogP contribution in [0, 0.1) is 0 Å². The quantitative estimate of drug-likeness (QED) is 0.852. The molecule has 0 spiro atoms. The lowest BCUT2D eigenvalue weighted by Crippen LogP contribution is -2.26. The number of benzene rings is 2. The largest absolute Gasteiger partial charge is 0.497 e. The maximum atomic E-state index is 12.6. The van der Waals surface area contributed by atoms with Gasteiger partial charge in [-0.1, -0.05) is 18.2 Å². The number of methoxy groups -OCH3 is 2. The van der Waals surface area contributed by atoms with Gasteiger partial charge in [-0.3, -0.25) is 4.31 Å². The van der Waals surface area contributed by atoms with Crippen LogP contribution in [0.1, 0.15) is 0 Å². The van der Waals surface area contributed by atoms with Crippen LogP contribution in [0.5, 0.6) is 11.5 Å². The fourth-order valence-corrected chi connectivity index (χ4v) is 3.15. The van der Waals surface area contributed by atoms with Crippen LogP contribution in [-0.4, -0.2) is 29.7 Å². The third-order valence-electron chi connectivity index (χ3n) is 3.13. The smallest absolute Gasteiger partial charge is 0.264 e. The van der Waals surface area contributed by atoms with Gasteiger partial charge < -0.3 is 9.47 Å². The summed E-state index contributed by atoms with van der Waals surface area (Å²) in [5.41, 5.74) is 0.446. The first-order valence-electron chi connectivity index (χ1n) is 6.26. The van der Waals surface area contributed by atoms with Gasteiger partial charge >= 0.3 is 0 Å². The van der Waals surface area contributed by atoms with Gasteiger partial charge in [0.05, 0.1) is 24.8 Å². The van der Waals surface area contributed by atoms with Crippen LogP contribution < -0.4 is 13.8 Å². The van der Waals surface area contributed by atoms with E-state index in [1.165, 1.54) is 18.5 Å². The Bertz CT molecular complexity index is 714. The van der Waals surface area contributed by atoms with Crippen LogP contribution in [0.4, 0.5) is 5.69 Å². The summed E-state index contributed by atoms with van der Waals surface area (Å²) >= 11 is 0. The van der Waals surface area contributed by atoms with Gasteiger partial charge in [0.25, 0.3) is 10.0 Å². The van der Waals surface area contributed by atoms with Crippen molar-refractivity contribution in [1.82, 2.24) is 0 Å². The van der Waals surface area contributed by atoms with Gasteiger partial charge in [-0.05, 0) is 24.3 Å². The van der Waals surface area contributed by atoms with Crippen molar-refractivity contribution in [2.75, 3.05) is 25.6 Å². The zero-order chi connectivity index (χ0) is 15.5. The Balaban J connectivity index is 2.47. The molecule has 21 heavy (non-hydrogen) atoms. The van der Waals surface area contributed by atoms with Gasteiger partial charge in [0.15, 0.2) is 0 Å². The van der Waals surface area contributed by atoms with Crippen molar-refractivity contribution in [3.8, 4) is 11.5 Å². The third kappa shape index (κ3) is 2.95. The van der Waals surface area contributed by atoms with E-state index in [9.17, 15) is 8.42 Å². The molecule has 0 atom stereocenters. The summed E-state index contributed by atoms with van der Waals surface area (Å²) in [6.07, 6.45) is 0. The SMILES string of the molecule is COc1ccc(N(C)S(=O)(=O)c2ccccc2)c(OC)c1. The van der Waals surface area contributed by atoms with Crippen LogP contribution in [0.15, 0.2) is 53.4 Å². The number of hydrogen-bond donors (Lipinski definition) is 0. The van der Waals surface area contributed by atoms with E-state index in [2.05, 4.69) is 0 Å². The van der Waals surface area contributed by atoms with Gasteiger partial charge in [-0.2, -0.15) is 0 Å². The van der Waals surface area contributed by atoms with Gasteiger partial charge in [-0.25, -0.2) is 8.42 Å². The first-order chi connectivity index (χ1) is 10.0. The second kappa shape index (κ2) is 6.05. The molecule has 0 saturated heterocycles. The second-order valence-corrected chi connectivity index (χ2v) is 6.29. The lowest BCUT2D eigenvalue weighted by molar-refractivity contribution is 0.395. The number of nitrogens with zero attached hydrogens (tertiary/aromatic N) is 1. The molecule has 0 amide bonds. The molecule has 0 aliphatic rings. The van der Waals surface area contributed by atoms with E-state index in [0.717, 1.165) is 0 Å². The van der Waals surface area contributed by atoms with Gasteiger partial charge in [0.1, 0.15) is 11.5 Å². The molecular weight excluding hydrogens is 290 g/mol. The third-order valence-corrected chi connectivity index (χ3v) is 4.91. The Morgan fingerprint density at radius 1 is 0.952 bits per heavy atom. The average Bonchev–Trinajstić information content (AvgIpc) is 2.54. The van der Waals surface area contributed by atoms with Crippen molar-refractivity contribution in [2.24, 2.45) is 0 Å². The molecule has 0 aliphatic heterocycles. The Hall–Kier alpha value is -2.21. The summed E-state index contributed by atoms with van der Waals surface area (Å²) in [6.45, 7) is 0. The second-order valence-electron chi connectivity index (χ2n) is 4.32. The maximum Gasteiger partial charge on any atom is 0.264 e. The monoisotopic (exact) mass is 307 g/mol. The fraction of sp³-hybridized carbons (Fsp3) is 0.200. The van der Waals surface area contributed by atoms with Crippen LogP contribution in [-0.2, 0) is 10.0 Å². The maximum absolute atomic E-state index is 12.6. The van der Waals surface area contributed by atoms with Crippen LogP contribution in [0.2, 0.25) is 0 Å². The van der Waals surface area contributed by atoms with E-state index in [0.29, 0.717) is 17.2 Å². The minimum Gasteiger partial charge on any atom is -0.497 e. The molecule has 112 valence electrons. The minimum atomic E-state index is -3.63. The first kappa shape index (κ1) is 15.2.